The number of likely N-dealkylation sites (tertiary alicyclic amines) is 1. The first-order valence-corrected chi connectivity index (χ1v) is 7.81. The zero-order chi connectivity index (χ0) is 14.6. The number of tetrazole rings is 1. The second-order valence-electron chi connectivity index (χ2n) is 5.91. The van der Waals surface area contributed by atoms with Crippen LogP contribution in [0.25, 0.3) is 0 Å². The molecular weight excluding hydrogens is 252 g/mol. The summed E-state index contributed by atoms with van der Waals surface area (Å²) in [4.78, 5) is 4.17. The Morgan fingerprint density at radius 3 is 2.50 bits per heavy atom. The lowest BCUT2D eigenvalue weighted by molar-refractivity contribution is 0.0838. The molecule has 1 aliphatic rings. The fourth-order valence-electron chi connectivity index (χ4n) is 3.26. The third-order valence-electron chi connectivity index (χ3n) is 4.68. The van der Waals surface area contributed by atoms with Gasteiger partial charge in [0.05, 0.1) is 7.05 Å². The van der Waals surface area contributed by atoms with Crippen LogP contribution >= 0.6 is 0 Å². The van der Waals surface area contributed by atoms with E-state index >= 15 is 0 Å². The zero-order valence-corrected chi connectivity index (χ0v) is 13.3. The minimum absolute atomic E-state index is 0.158. The second-order valence-corrected chi connectivity index (χ2v) is 5.91. The third kappa shape index (κ3) is 3.17. The van der Waals surface area contributed by atoms with Gasteiger partial charge in [0.1, 0.15) is 0 Å². The molecule has 20 heavy (non-hydrogen) atoms. The van der Waals surface area contributed by atoms with Crippen molar-refractivity contribution in [2.45, 2.75) is 58.0 Å². The topological polar surface area (TPSA) is 58.9 Å². The van der Waals surface area contributed by atoms with E-state index in [4.69, 9.17) is 0 Å². The average molecular weight is 280 g/mol. The summed E-state index contributed by atoms with van der Waals surface area (Å²) in [5.41, 5.74) is 0.158. The Morgan fingerprint density at radius 1 is 1.30 bits per heavy atom. The molecule has 0 aliphatic carbocycles. The van der Waals surface area contributed by atoms with Gasteiger partial charge >= 0.3 is 0 Å². The van der Waals surface area contributed by atoms with Crippen LogP contribution in [0.3, 0.4) is 0 Å². The summed E-state index contributed by atoms with van der Waals surface area (Å²) in [5.74, 6) is 0.831. The highest BCUT2D eigenvalue weighted by atomic mass is 15.6. The number of likely N-dealkylation sites (N-methyl/N-ethyl adjacent to an activating group) is 1. The second kappa shape index (κ2) is 6.63. The molecule has 2 rings (SSSR count). The maximum absolute atomic E-state index is 4.34. The van der Waals surface area contributed by atoms with Gasteiger partial charge in [-0.3, -0.25) is 4.90 Å². The van der Waals surface area contributed by atoms with E-state index in [0.29, 0.717) is 6.04 Å². The molecule has 2 unspecified atom stereocenters. The Morgan fingerprint density at radius 2 is 2.00 bits per heavy atom. The minimum atomic E-state index is 0.158. The zero-order valence-electron chi connectivity index (χ0n) is 13.3. The fraction of sp³-hybridized carbons (Fsp3) is 0.929. The van der Waals surface area contributed by atoms with Crippen LogP contribution in [-0.4, -0.2) is 56.3 Å². The molecule has 0 spiro atoms. The van der Waals surface area contributed by atoms with Crippen molar-refractivity contribution in [1.29, 1.82) is 0 Å². The van der Waals surface area contributed by atoms with Crippen LogP contribution in [0.2, 0.25) is 0 Å². The molecule has 1 aromatic rings. The van der Waals surface area contributed by atoms with Crippen molar-refractivity contribution >= 4 is 0 Å². The molecule has 6 heteroatoms. The van der Waals surface area contributed by atoms with Crippen LogP contribution in [-0.2, 0) is 13.5 Å². The molecule has 114 valence electrons. The average Bonchev–Trinajstić information content (AvgIpc) is 3.09. The first-order chi connectivity index (χ1) is 9.60. The summed E-state index contributed by atoms with van der Waals surface area (Å²) in [6, 6.07) is 0.361. The summed E-state index contributed by atoms with van der Waals surface area (Å²) >= 11 is 0. The van der Waals surface area contributed by atoms with Crippen LogP contribution in [0.4, 0.5) is 0 Å². The predicted octanol–water partition coefficient (Wildman–Crippen LogP) is 0.995. The number of hydrogen-bond donors (Lipinski definition) is 1. The summed E-state index contributed by atoms with van der Waals surface area (Å²) in [6.45, 7) is 10.2. The fourth-order valence-corrected chi connectivity index (χ4v) is 3.26. The summed E-state index contributed by atoms with van der Waals surface area (Å²) in [6.07, 6.45) is 4.60. The number of aryl methyl sites for hydroxylation is 1. The van der Waals surface area contributed by atoms with E-state index in [0.717, 1.165) is 25.2 Å². The molecule has 1 aliphatic heterocycles. The molecule has 0 saturated carbocycles. The number of aromatic nitrogens is 4. The molecule has 6 nitrogen and oxygen atoms in total. The van der Waals surface area contributed by atoms with Crippen molar-refractivity contribution in [3.05, 3.63) is 5.82 Å². The van der Waals surface area contributed by atoms with Gasteiger partial charge in [-0.05, 0) is 51.0 Å². The van der Waals surface area contributed by atoms with Crippen molar-refractivity contribution in [3.63, 3.8) is 0 Å². The van der Waals surface area contributed by atoms with E-state index in [9.17, 15) is 0 Å². The number of nitrogens with one attached hydrogen (secondary N) is 1. The van der Waals surface area contributed by atoms with Gasteiger partial charge in [-0.2, -0.15) is 4.80 Å². The van der Waals surface area contributed by atoms with Crippen LogP contribution in [0.1, 0.15) is 45.9 Å². The molecule has 0 bridgehead atoms. The van der Waals surface area contributed by atoms with E-state index in [2.05, 4.69) is 46.4 Å². The largest absolute Gasteiger partial charge is 0.312 e. The van der Waals surface area contributed by atoms with Crippen LogP contribution in [0.5, 0.6) is 0 Å². The lowest BCUT2D eigenvalue weighted by Gasteiger charge is -2.44. The van der Waals surface area contributed by atoms with Crippen molar-refractivity contribution in [2.24, 2.45) is 7.05 Å². The molecular formula is C14H28N6. The molecule has 0 aromatic carbocycles. The van der Waals surface area contributed by atoms with Crippen LogP contribution in [0, 0.1) is 0 Å². The summed E-state index contributed by atoms with van der Waals surface area (Å²) in [5, 5.41) is 16.1. The van der Waals surface area contributed by atoms with Crippen molar-refractivity contribution in [3.8, 4) is 0 Å². The van der Waals surface area contributed by atoms with Gasteiger partial charge in [-0.25, -0.2) is 0 Å². The first-order valence-electron chi connectivity index (χ1n) is 7.81. The number of nitrogens with zero attached hydrogens (tertiary/aromatic N) is 5. The molecule has 1 aromatic heterocycles. The standard InChI is InChI=1S/C14H28N6/c1-5-14(3,20-9-7-8-10-20)12(15-6-2)11-13-16-18-19(4)17-13/h12,15H,5-11H2,1-4H3. The van der Waals surface area contributed by atoms with E-state index < -0.39 is 0 Å². The molecule has 2 atom stereocenters. The predicted molar refractivity (Wildman–Crippen MR) is 79.5 cm³/mol. The molecule has 0 amide bonds. The smallest absolute Gasteiger partial charge is 0.176 e. The number of hydrogen-bond acceptors (Lipinski definition) is 5. The van der Waals surface area contributed by atoms with E-state index in [1.165, 1.54) is 30.7 Å². The van der Waals surface area contributed by atoms with E-state index in [1.807, 2.05) is 7.05 Å². The Kier molecular flexibility index (Phi) is 5.10. The maximum Gasteiger partial charge on any atom is 0.176 e. The van der Waals surface area contributed by atoms with Crippen molar-refractivity contribution in [1.82, 2.24) is 30.4 Å². The summed E-state index contributed by atoms with van der Waals surface area (Å²) < 4.78 is 0. The van der Waals surface area contributed by atoms with Gasteiger partial charge in [-0.15, -0.1) is 10.2 Å². The normalized spacial score (nSPS) is 21.0. The monoisotopic (exact) mass is 280 g/mol. The van der Waals surface area contributed by atoms with Crippen LogP contribution < -0.4 is 5.32 Å². The Balaban J connectivity index is 2.15. The highest BCUT2D eigenvalue weighted by molar-refractivity contribution is 5.01. The van der Waals surface area contributed by atoms with Crippen LogP contribution in [0.15, 0.2) is 0 Å². The van der Waals surface area contributed by atoms with Gasteiger partial charge in [0, 0.05) is 18.0 Å². The Bertz CT molecular complexity index is 412. The van der Waals surface area contributed by atoms with E-state index in [1.54, 1.807) is 0 Å². The lowest BCUT2D eigenvalue weighted by atomic mass is 9.85. The molecule has 0 radical (unpaired) electrons. The van der Waals surface area contributed by atoms with Gasteiger partial charge in [-0.1, -0.05) is 13.8 Å². The number of rotatable bonds is 7. The Labute approximate surface area is 121 Å². The van der Waals surface area contributed by atoms with Gasteiger partial charge in [0.2, 0.25) is 0 Å². The van der Waals surface area contributed by atoms with Gasteiger partial charge < -0.3 is 5.32 Å². The highest BCUT2D eigenvalue weighted by Gasteiger charge is 2.39. The van der Waals surface area contributed by atoms with E-state index in [-0.39, 0.29) is 5.54 Å². The first kappa shape index (κ1) is 15.4. The van der Waals surface area contributed by atoms with Crippen molar-refractivity contribution in [2.75, 3.05) is 19.6 Å². The molecule has 1 N–H and O–H groups in total. The quantitative estimate of drug-likeness (QED) is 0.807. The maximum atomic E-state index is 4.34. The van der Waals surface area contributed by atoms with Gasteiger partial charge in [0.15, 0.2) is 5.82 Å². The molecule has 2 heterocycles. The SMILES string of the molecule is CCNC(Cc1nnn(C)n1)C(C)(CC)N1CCCC1. The van der Waals surface area contributed by atoms with Gasteiger partial charge in [0.25, 0.3) is 0 Å². The third-order valence-corrected chi connectivity index (χ3v) is 4.68. The lowest BCUT2D eigenvalue weighted by Crippen LogP contribution is -2.59. The highest BCUT2D eigenvalue weighted by Crippen LogP contribution is 2.29. The van der Waals surface area contributed by atoms with Crippen molar-refractivity contribution < 1.29 is 0 Å². The summed E-state index contributed by atoms with van der Waals surface area (Å²) in [7, 11) is 1.82. The minimum Gasteiger partial charge on any atom is -0.312 e. The molecule has 1 fully saturated rings. The molecule has 1 saturated heterocycles. The Hall–Kier alpha value is -1.01.